The van der Waals surface area contributed by atoms with Crippen molar-refractivity contribution in [1.29, 1.82) is 0 Å². The number of nitrogens with two attached hydrogens (primary N) is 1. The lowest BCUT2D eigenvalue weighted by molar-refractivity contribution is -0.140. The van der Waals surface area contributed by atoms with Gasteiger partial charge < -0.3 is 15.4 Å². The summed E-state index contributed by atoms with van der Waals surface area (Å²) in [7, 11) is 0. The van der Waals surface area contributed by atoms with Gasteiger partial charge in [0.05, 0.1) is 0 Å². The summed E-state index contributed by atoms with van der Waals surface area (Å²) in [6.45, 7) is 7.58. The van der Waals surface area contributed by atoms with E-state index in [1.54, 1.807) is 0 Å². The molecule has 2 saturated heterocycles. The third-order valence-electron chi connectivity index (χ3n) is 4.46. The highest BCUT2D eigenvalue weighted by Crippen LogP contribution is 2.26. The number of rotatable bonds is 3. The van der Waals surface area contributed by atoms with Crippen molar-refractivity contribution < 1.29 is 9.53 Å². The average Bonchev–Trinajstić information content (AvgIpc) is 2.41. The number of hydrogen-bond acceptors (Lipinski definition) is 3. The van der Waals surface area contributed by atoms with Gasteiger partial charge in [0.1, 0.15) is 0 Å². The molecule has 0 aromatic carbocycles. The van der Waals surface area contributed by atoms with Crippen LogP contribution in [0, 0.1) is 17.8 Å². The van der Waals surface area contributed by atoms with E-state index in [0.717, 1.165) is 45.6 Å². The van der Waals surface area contributed by atoms with Crippen molar-refractivity contribution in [2.24, 2.45) is 23.5 Å². The van der Waals surface area contributed by atoms with Gasteiger partial charge in [0.25, 0.3) is 0 Å². The molecule has 0 saturated carbocycles. The Morgan fingerprint density at radius 1 is 1.32 bits per heavy atom. The Morgan fingerprint density at radius 3 is 2.58 bits per heavy atom. The van der Waals surface area contributed by atoms with E-state index >= 15 is 0 Å². The van der Waals surface area contributed by atoms with E-state index in [4.69, 9.17) is 10.5 Å². The summed E-state index contributed by atoms with van der Waals surface area (Å²) in [6, 6.07) is 0.153. The minimum absolute atomic E-state index is 0.153. The molecule has 0 aromatic heterocycles. The fourth-order valence-corrected chi connectivity index (χ4v) is 3.33. The molecule has 0 aromatic rings. The molecular weight excluding hydrogens is 240 g/mol. The predicted molar refractivity (Wildman–Crippen MR) is 75.7 cm³/mol. The highest BCUT2D eigenvalue weighted by molar-refractivity contribution is 5.79. The zero-order valence-electron chi connectivity index (χ0n) is 12.3. The first-order valence-electron chi connectivity index (χ1n) is 7.70. The summed E-state index contributed by atoms with van der Waals surface area (Å²) in [6.07, 6.45) is 3.99. The van der Waals surface area contributed by atoms with Crippen molar-refractivity contribution in [2.45, 2.75) is 45.6 Å². The normalized spacial score (nSPS) is 29.8. The smallest absolute Gasteiger partial charge is 0.225 e. The first kappa shape index (κ1) is 14.8. The first-order chi connectivity index (χ1) is 9.08. The monoisotopic (exact) mass is 268 g/mol. The van der Waals surface area contributed by atoms with Gasteiger partial charge in [-0.3, -0.25) is 4.79 Å². The van der Waals surface area contributed by atoms with Crippen LogP contribution in [0.2, 0.25) is 0 Å². The maximum absolute atomic E-state index is 12.4. The van der Waals surface area contributed by atoms with Crippen LogP contribution in [-0.4, -0.2) is 43.2 Å². The third kappa shape index (κ3) is 3.93. The highest BCUT2D eigenvalue weighted by Gasteiger charge is 2.33. The fourth-order valence-electron chi connectivity index (χ4n) is 3.33. The molecule has 2 unspecified atom stereocenters. The van der Waals surface area contributed by atoms with Crippen LogP contribution in [0.1, 0.15) is 39.5 Å². The van der Waals surface area contributed by atoms with Gasteiger partial charge in [-0.15, -0.1) is 0 Å². The van der Waals surface area contributed by atoms with Gasteiger partial charge in [0.2, 0.25) is 5.91 Å². The number of ether oxygens (including phenoxy) is 1. The van der Waals surface area contributed by atoms with Crippen molar-refractivity contribution >= 4 is 5.91 Å². The van der Waals surface area contributed by atoms with E-state index in [2.05, 4.69) is 13.8 Å². The fraction of sp³-hybridized carbons (Fsp3) is 0.933. The second-order valence-electron chi connectivity index (χ2n) is 6.51. The SMILES string of the molecule is CC(C)CC1CCN(C(=O)C2CCOCC2)CC1N. The molecule has 2 heterocycles. The number of piperidine rings is 1. The lowest BCUT2D eigenvalue weighted by Gasteiger charge is -2.39. The molecule has 2 aliphatic rings. The Hall–Kier alpha value is -0.610. The molecule has 0 bridgehead atoms. The molecule has 4 nitrogen and oxygen atoms in total. The molecule has 2 atom stereocenters. The van der Waals surface area contributed by atoms with Gasteiger partial charge in [-0.1, -0.05) is 13.8 Å². The van der Waals surface area contributed by atoms with E-state index in [0.29, 0.717) is 17.7 Å². The van der Waals surface area contributed by atoms with E-state index in [9.17, 15) is 4.79 Å². The van der Waals surface area contributed by atoms with Crippen LogP contribution in [0.3, 0.4) is 0 Å². The Kier molecular flexibility index (Phi) is 5.22. The van der Waals surface area contributed by atoms with E-state index in [1.807, 2.05) is 4.90 Å². The summed E-state index contributed by atoms with van der Waals surface area (Å²) in [4.78, 5) is 14.4. The van der Waals surface area contributed by atoms with Crippen LogP contribution < -0.4 is 5.73 Å². The summed E-state index contributed by atoms with van der Waals surface area (Å²) in [5, 5.41) is 0. The van der Waals surface area contributed by atoms with Crippen molar-refractivity contribution in [3.05, 3.63) is 0 Å². The average molecular weight is 268 g/mol. The van der Waals surface area contributed by atoms with Gasteiger partial charge in [-0.2, -0.15) is 0 Å². The Balaban J connectivity index is 1.85. The molecule has 2 fully saturated rings. The van der Waals surface area contributed by atoms with Gasteiger partial charge >= 0.3 is 0 Å². The molecule has 0 aliphatic carbocycles. The van der Waals surface area contributed by atoms with Crippen LogP contribution in [0.25, 0.3) is 0 Å². The first-order valence-corrected chi connectivity index (χ1v) is 7.70. The summed E-state index contributed by atoms with van der Waals surface area (Å²) >= 11 is 0. The summed E-state index contributed by atoms with van der Waals surface area (Å²) < 4.78 is 5.32. The standard InChI is InChI=1S/C15H28N2O2/c1-11(2)9-13-3-6-17(10-14(13)16)15(18)12-4-7-19-8-5-12/h11-14H,3-10,16H2,1-2H3. The van der Waals surface area contributed by atoms with E-state index in [1.165, 1.54) is 6.42 Å². The second-order valence-corrected chi connectivity index (χ2v) is 6.51. The molecule has 0 spiro atoms. The molecule has 19 heavy (non-hydrogen) atoms. The molecule has 2 rings (SSSR count). The van der Waals surface area contributed by atoms with E-state index < -0.39 is 0 Å². The number of hydrogen-bond donors (Lipinski definition) is 1. The molecule has 2 N–H and O–H groups in total. The van der Waals surface area contributed by atoms with Crippen LogP contribution in [-0.2, 0) is 9.53 Å². The highest BCUT2D eigenvalue weighted by atomic mass is 16.5. The van der Waals surface area contributed by atoms with Crippen LogP contribution >= 0.6 is 0 Å². The van der Waals surface area contributed by atoms with Crippen LogP contribution in [0.4, 0.5) is 0 Å². The predicted octanol–water partition coefficient (Wildman–Crippen LogP) is 1.63. The van der Waals surface area contributed by atoms with Gasteiger partial charge in [-0.05, 0) is 37.5 Å². The molecular formula is C15H28N2O2. The van der Waals surface area contributed by atoms with Crippen molar-refractivity contribution in [1.82, 2.24) is 4.90 Å². The van der Waals surface area contributed by atoms with Crippen molar-refractivity contribution in [3.63, 3.8) is 0 Å². The Labute approximate surface area is 116 Å². The zero-order chi connectivity index (χ0) is 13.8. The van der Waals surface area contributed by atoms with Crippen molar-refractivity contribution in [3.8, 4) is 0 Å². The summed E-state index contributed by atoms with van der Waals surface area (Å²) in [5.74, 6) is 1.75. The van der Waals surface area contributed by atoms with Crippen LogP contribution in [0.15, 0.2) is 0 Å². The molecule has 0 radical (unpaired) electrons. The summed E-state index contributed by atoms with van der Waals surface area (Å²) in [5.41, 5.74) is 6.27. The number of carbonyl (C=O) groups excluding carboxylic acids is 1. The van der Waals surface area contributed by atoms with E-state index in [-0.39, 0.29) is 12.0 Å². The maximum Gasteiger partial charge on any atom is 0.225 e. The zero-order valence-corrected chi connectivity index (χ0v) is 12.3. The molecule has 1 amide bonds. The molecule has 4 heteroatoms. The number of carbonyl (C=O) groups is 1. The molecule has 110 valence electrons. The van der Waals surface area contributed by atoms with Gasteiger partial charge in [0.15, 0.2) is 0 Å². The number of amides is 1. The van der Waals surface area contributed by atoms with Crippen molar-refractivity contribution in [2.75, 3.05) is 26.3 Å². The Bertz CT molecular complexity index is 301. The molecule has 2 aliphatic heterocycles. The minimum atomic E-state index is 0.153. The number of likely N-dealkylation sites (tertiary alicyclic amines) is 1. The second kappa shape index (κ2) is 6.71. The lowest BCUT2D eigenvalue weighted by Crippen LogP contribution is -2.52. The minimum Gasteiger partial charge on any atom is -0.381 e. The quantitative estimate of drug-likeness (QED) is 0.846. The topological polar surface area (TPSA) is 55.6 Å². The number of nitrogens with zero attached hydrogens (tertiary/aromatic N) is 1. The van der Waals surface area contributed by atoms with Gasteiger partial charge in [-0.25, -0.2) is 0 Å². The third-order valence-corrected chi connectivity index (χ3v) is 4.46. The van der Waals surface area contributed by atoms with Gasteiger partial charge in [0, 0.05) is 38.3 Å². The largest absolute Gasteiger partial charge is 0.381 e. The lowest BCUT2D eigenvalue weighted by atomic mass is 9.84. The van der Waals surface area contributed by atoms with Crippen LogP contribution in [0.5, 0.6) is 0 Å². The Morgan fingerprint density at radius 2 is 2.00 bits per heavy atom. The maximum atomic E-state index is 12.4.